The summed E-state index contributed by atoms with van der Waals surface area (Å²) in [6.07, 6.45) is 0.790. The van der Waals surface area contributed by atoms with Gasteiger partial charge in [0.25, 0.3) is 0 Å². The lowest BCUT2D eigenvalue weighted by atomic mass is 10.00. The van der Waals surface area contributed by atoms with Crippen molar-refractivity contribution in [2.45, 2.75) is 32.7 Å². The molecule has 2 aromatic carbocycles. The minimum atomic E-state index is 0.00682. The first-order valence-corrected chi connectivity index (χ1v) is 7.82. The second-order valence-corrected chi connectivity index (χ2v) is 5.79. The Balaban J connectivity index is 1.50. The van der Waals surface area contributed by atoms with E-state index in [1.165, 1.54) is 0 Å². The van der Waals surface area contributed by atoms with Crippen molar-refractivity contribution >= 4 is 0 Å². The third kappa shape index (κ3) is 3.49. The Kier molecular flexibility index (Phi) is 4.84. The number of aryl methyl sites for hydroxylation is 1. The molecule has 0 aromatic heterocycles. The number of fused-ring (bicyclic) bond motifs is 1. The zero-order valence-electron chi connectivity index (χ0n) is 13.5. The molecule has 1 N–H and O–H groups in total. The highest BCUT2D eigenvalue weighted by Gasteiger charge is 2.26. The van der Waals surface area contributed by atoms with Crippen LogP contribution in [0.1, 0.15) is 34.8 Å². The summed E-state index contributed by atoms with van der Waals surface area (Å²) in [4.78, 5) is 0. The molecule has 0 saturated carbocycles. The first-order chi connectivity index (χ1) is 11.2. The number of phenols is 1. The van der Waals surface area contributed by atoms with Crippen LogP contribution in [0.15, 0.2) is 36.4 Å². The van der Waals surface area contributed by atoms with Gasteiger partial charge in [0.1, 0.15) is 11.5 Å². The Morgan fingerprint density at radius 3 is 2.70 bits per heavy atom. The van der Waals surface area contributed by atoms with Crippen molar-refractivity contribution in [2.24, 2.45) is 0 Å². The molecule has 1 aliphatic rings. The Morgan fingerprint density at radius 1 is 1.17 bits per heavy atom. The van der Waals surface area contributed by atoms with Gasteiger partial charge in [-0.25, -0.2) is 0 Å². The summed E-state index contributed by atoms with van der Waals surface area (Å²) >= 11 is 0. The summed E-state index contributed by atoms with van der Waals surface area (Å²) in [5.41, 5.74) is 4.02. The standard InChI is InChI=1S/C19H22O4/c1-13-3-8-16-17(19(13)20)12-23-18(16)9-10-22-11-14-4-6-15(21-2)7-5-14/h3-8,18,20H,9-12H2,1-2H3. The van der Waals surface area contributed by atoms with Crippen molar-refractivity contribution < 1.29 is 19.3 Å². The molecule has 1 atom stereocenters. The van der Waals surface area contributed by atoms with Crippen LogP contribution in [0, 0.1) is 6.92 Å². The molecule has 0 saturated heterocycles. The second-order valence-electron chi connectivity index (χ2n) is 5.79. The van der Waals surface area contributed by atoms with Gasteiger partial charge in [0.15, 0.2) is 0 Å². The van der Waals surface area contributed by atoms with Gasteiger partial charge in [-0.2, -0.15) is 0 Å². The van der Waals surface area contributed by atoms with E-state index in [0.29, 0.717) is 25.6 Å². The van der Waals surface area contributed by atoms with Gasteiger partial charge in [0, 0.05) is 18.6 Å². The number of aromatic hydroxyl groups is 1. The van der Waals surface area contributed by atoms with Crippen LogP contribution < -0.4 is 4.74 Å². The minimum absolute atomic E-state index is 0.00682. The van der Waals surface area contributed by atoms with E-state index in [4.69, 9.17) is 14.2 Å². The molecule has 0 radical (unpaired) electrons. The Labute approximate surface area is 136 Å². The molecular weight excluding hydrogens is 292 g/mol. The Hall–Kier alpha value is -2.04. The lowest BCUT2D eigenvalue weighted by Crippen LogP contribution is -2.03. The number of benzene rings is 2. The fourth-order valence-corrected chi connectivity index (χ4v) is 2.84. The van der Waals surface area contributed by atoms with Gasteiger partial charge >= 0.3 is 0 Å². The van der Waals surface area contributed by atoms with Gasteiger partial charge in [-0.15, -0.1) is 0 Å². The van der Waals surface area contributed by atoms with Crippen LogP contribution in [-0.4, -0.2) is 18.8 Å². The van der Waals surface area contributed by atoms with Crippen molar-refractivity contribution in [1.82, 2.24) is 0 Å². The zero-order valence-corrected chi connectivity index (χ0v) is 13.5. The topological polar surface area (TPSA) is 47.9 Å². The van der Waals surface area contributed by atoms with Crippen LogP contribution in [0.3, 0.4) is 0 Å². The van der Waals surface area contributed by atoms with E-state index in [2.05, 4.69) is 0 Å². The summed E-state index contributed by atoms with van der Waals surface area (Å²) in [7, 11) is 1.66. The molecule has 0 amide bonds. The molecule has 1 aliphatic heterocycles. The van der Waals surface area contributed by atoms with Gasteiger partial charge in [-0.05, 0) is 35.7 Å². The lowest BCUT2D eigenvalue weighted by Gasteiger charge is -2.12. The van der Waals surface area contributed by atoms with Crippen LogP contribution in [0.5, 0.6) is 11.5 Å². The van der Waals surface area contributed by atoms with E-state index in [1.807, 2.05) is 43.3 Å². The second kappa shape index (κ2) is 7.02. The first kappa shape index (κ1) is 15.8. The number of hydrogen-bond donors (Lipinski definition) is 1. The molecule has 0 bridgehead atoms. The van der Waals surface area contributed by atoms with Crippen molar-refractivity contribution in [2.75, 3.05) is 13.7 Å². The summed E-state index contributed by atoms with van der Waals surface area (Å²) in [6, 6.07) is 11.8. The summed E-state index contributed by atoms with van der Waals surface area (Å²) in [6.45, 7) is 3.57. The molecule has 1 heterocycles. The average molecular weight is 314 g/mol. The molecule has 1 unspecified atom stereocenters. The van der Waals surface area contributed by atoms with Crippen LogP contribution in [0.25, 0.3) is 0 Å². The van der Waals surface area contributed by atoms with E-state index in [9.17, 15) is 5.11 Å². The molecule has 0 aliphatic carbocycles. The molecule has 2 aromatic rings. The largest absolute Gasteiger partial charge is 0.507 e. The number of methoxy groups -OCH3 is 1. The predicted molar refractivity (Wildman–Crippen MR) is 87.6 cm³/mol. The van der Waals surface area contributed by atoms with Crippen LogP contribution in [0.4, 0.5) is 0 Å². The fraction of sp³-hybridized carbons (Fsp3) is 0.368. The molecule has 4 heteroatoms. The zero-order chi connectivity index (χ0) is 16.2. The van der Waals surface area contributed by atoms with Gasteiger partial charge < -0.3 is 19.3 Å². The first-order valence-electron chi connectivity index (χ1n) is 7.82. The number of hydrogen-bond acceptors (Lipinski definition) is 4. The van der Waals surface area contributed by atoms with Crippen molar-refractivity contribution in [3.63, 3.8) is 0 Å². The van der Waals surface area contributed by atoms with Crippen molar-refractivity contribution in [3.05, 3.63) is 58.7 Å². The maximum absolute atomic E-state index is 10.1. The summed E-state index contributed by atoms with van der Waals surface area (Å²) < 4.78 is 16.7. The molecular formula is C19H22O4. The Bertz CT molecular complexity index is 664. The molecule has 23 heavy (non-hydrogen) atoms. The summed E-state index contributed by atoms with van der Waals surface area (Å²) in [5, 5.41) is 10.1. The number of rotatable bonds is 6. The highest BCUT2D eigenvalue weighted by atomic mass is 16.5. The summed E-state index contributed by atoms with van der Waals surface area (Å²) in [5.74, 6) is 1.21. The molecule has 4 nitrogen and oxygen atoms in total. The number of ether oxygens (including phenoxy) is 3. The highest BCUT2D eigenvalue weighted by molar-refractivity contribution is 5.47. The van der Waals surface area contributed by atoms with Gasteiger partial charge in [0.2, 0.25) is 0 Å². The maximum Gasteiger partial charge on any atom is 0.124 e. The van der Waals surface area contributed by atoms with E-state index in [0.717, 1.165) is 34.4 Å². The van der Waals surface area contributed by atoms with Crippen molar-refractivity contribution in [1.29, 1.82) is 0 Å². The third-order valence-corrected chi connectivity index (χ3v) is 4.25. The normalized spacial score (nSPS) is 16.3. The monoisotopic (exact) mass is 314 g/mol. The van der Waals surface area contributed by atoms with Gasteiger partial charge in [0.05, 0.1) is 26.4 Å². The molecule has 0 fully saturated rings. The average Bonchev–Trinajstić information content (AvgIpc) is 2.99. The smallest absolute Gasteiger partial charge is 0.124 e. The highest BCUT2D eigenvalue weighted by Crippen LogP contribution is 2.39. The van der Waals surface area contributed by atoms with Crippen molar-refractivity contribution in [3.8, 4) is 11.5 Å². The lowest BCUT2D eigenvalue weighted by molar-refractivity contribution is 0.0264. The maximum atomic E-state index is 10.1. The molecule has 122 valence electrons. The molecule has 3 rings (SSSR count). The molecule has 0 spiro atoms. The van der Waals surface area contributed by atoms with E-state index in [-0.39, 0.29) is 6.10 Å². The van der Waals surface area contributed by atoms with Crippen LogP contribution >= 0.6 is 0 Å². The van der Waals surface area contributed by atoms with Crippen LogP contribution in [0.2, 0.25) is 0 Å². The third-order valence-electron chi connectivity index (χ3n) is 4.25. The predicted octanol–water partition coefficient (Wildman–Crippen LogP) is 3.89. The minimum Gasteiger partial charge on any atom is -0.507 e. The van der Waals surface area contributed by atoms with Gasteiger partial charge in [-0.3, -0.25) is 0 Å². The number of phenolic OH excluding ortho intramolecular Hbond substituents is 1. The Morgan fingerprint density at radius 2 is 1.96 bits per heavy atom. The van der Waals surface area contributed by atoms with E-state index in [1.54, 1.807) is 7.11 Å². The quantitative estimate of drug-likeness (QED) is 0.822. The van der Waals surface area contributed by atoms with Gasteiger partial charge in [-0.1, -0.05) is 24.3 Å². The van der Waals surface area contributed by atoms with E-state index < -0.39 is 0 Å². The SMILES string of the molecule is COc1ccc(COCCC2OCc3c2ccc(C)c3O)cc1. The fourth-order valence-electron chi connectivity index (χ4n) is 2.84. The van der Waals surface area contributed by atoms with Crippen LogP contribution in [-0.2, 0) is 22.7 Å². The van der Waals surface area contributed by atoms with E-state index >= 15 is 0 Å².